The van der Waals surface area contributed by atoms with Crippen molar-refractivity contribution in [3.8, 4) is 0 Å². The minimum absolute atomic E-state index is 0.0382. The minimum atomic E-state index is -0.402. The summed E-state index contributed by atoms with van der Waals surface area (Å²) in [7, 11) is 2.11. The smallest absolute Gasteiger partial charge is 0.237 e. The summed E-state index contributed by atoms with van der Waals surface area (Å²) in [6.45, 7) is 4.90. The van der Waals surface area contributed by atoms with Gasteiger partial charge in [0.25, 0.3) is 0 Å². The number of piperidine rings is 1. The lowest BCUT2D eigenvalue weighted by molar-refractivity contribution is -0.136. The van der Waals surface area contributed by atoms with Crippen molar-refractivity contribution in [2.75, 3.05) is 33.4 Å². The molecule has 9 nitrogen and oxygen atoms in total. The molecule has 5 unspecified atom stereocenters. The molecule has 4 rings (SSSR count). The Morgan fingerprint density at radius 2 is 2.03 bits per heavy atom. The number of nitrogens with one attached hydrogen (secondary N) is 4. The van der Waals surface area contributed by atoms with Crippen LogP contribution in [0.1, 0.15) is 51.9 Å². The van der Waals surface area contributed by atoms with E-state index in [0.717, 1.165) is 32.4 Å². The number of carbonyl (C=O) groups is 2. The molecule has 4 aliphatic rings. The predicted octanol–water partition coefficient (Wildman–Crippen LogP) is 0.0252. The number of nitrogens with zero attached hydrogens (tertiary/aromatic N) is 2. The Morgan fingerprint density at radius 1 is 1.19 bits per heavy atom. The average molecular weight is 469 g/mol. The van der Waals surface area contributed by atoms with Gasteiger partial charge in [0.15, 0.2) is 0 Å². The van der Waals surface area contributed by atoms with Crippen LogP contribution in [0.3, 0.4) is 0 Å². The number of rotatable bonds is 6. The van der Waals surface area contributed by atoms with Crippen LogP contribution in [0.2, 0.25) is 0 Å². The number of amides is 2. The van der Waals surface area contributed by atoms with Crippen molar-refractivity contribution >= 4 is 23.6 Å². The molecule has 182 valence electrons. The van der Waals surface area contributed by atoms with Crippen molar-refractivity contribution < 1.29 is 14.7 Å². The van der Waals surface area contributed by atoms with Crippen LogP contribution in [0.5, 0.6) is 0 Å². The second-order valence-corrected chi connectivity index (χ2v) is 11.5. The Hall–Kier alpha value is -0.910. The molecule has 0 bridgehead atoms. The van der Waals surface area contributed by atoms with E-state index in [2.05, 4.69) is 40.4 Å². The number of hydrogen-bond donors (Lipinski definition) is 5. The summed E-state index contributed by atoms with van der Waals surface area (Å²) >= 11 is 1.95. The zero-order chi connectivity index (χ0) is 22.7. The number of thioether (sulfide) groups is 1. The van der Waals surface area contributed by atoms with Crippen LogP contribution >= 0.6 is 11.8 Å². The Labute approximate surface area is 195 Å². The first kappa shape index (κ1) is 24.2. The number of hydrogen-bond acceptors (Lipinski definition) is 8. The van der Waals surface area contributed by atoms with Gasteiger partial charge in [-0.25, -0.2) is 10.9 Å². The van der Waals surface area contributed by atoms with E-state index in [1.165, 1.54) is 6.42 Å². The van der Waals surface area contributed by atoms with Crippen molar-refractivity contribution in [1.29, 1.82) is 0 Å². The van der Waals surface area contributed by atoms with Crippen molar-refractivity contribution in [1.82, 2.24) is 31.3 Å². The summed E-state index contributed by atoms with van der Waals surface area (Å²) in [4.78, 5) is 29.9. The number of carbonyl (C=O) groups excluding carboxylic acids is 2. The van der Waals surface area contributed by atoms with Crippen LogP contribution in [0.25, 0.3) is 0 Å². The van der Waals surface area contributed by atoms with Gasteiger partial charge in [0, 0.05) is 30.3 Å². The number of aliphatic hydroxyl groups excluding tert-OH is 1. The fourth-order valence-corrected chi connectivity index (χ4v) is 6.84. The summed E-state index contributed by atoms with van der Waals surface area (Å²) in [5.41, 5.74) is 6.79. The molecule has 5 N–H and O–H groups in total. The van der Waals surface area contributed by atoms with E-state index >= 15 is 0 Å². The Bertz CT molecular complexity index is 670. The van der Waals surface area contributed by atoms with Crippen LogP contribution in [0.4, 0.5) is 0 Å². The lowest BCUT2D eigenvalue weighted by Crippen LogP contribution is -2.54. The molecule has 3 aliphatic heterocycles. The van der Waals surface area contributed by atoms with Gasteiger partial charge in [-0.3, -0.25) is 14.5 Å². The molecule has 4 fully saturated rings. The lowest BCUT2D eigenvalue weighted by atomic mass is 9.83. The zero-order valence-corrected chi connectivity index (χ0v) is 20.2. The standard InChI is InChI=1S/C22H40N6O3S/c1-14(32-22-26-24-13-27(22)2)15-4-3-5-17(10-15)25-20(30)19-11-16(6-8-23-19)21(31)28-9-7-18(29)12-28/h14-19,22-24,26,29H,3-13H2,1-2H3,(H,25,30)/t14-,15?,16?,17?,18-,19?,22?/m0/s1. The maximum absolute atomic E-state index is 13.0. The van der Waals surface area contributed by atoms with Crippen LogP contribution in [0, 0.1) is 11.8 Å². The van der Waals surface area contributed by atoms with E-state index in [0.29, 0.717) is 43.6 Å². The van der Waals surface area contributed by atoms with Gasteiger partial charge in [0.1, 0.15) is 5.50 Å². The first-order valence-electron chi connectivity index (χ1n) is 12.3. The third kappa shape index (κ3) is 5.95. The molecular weight excluding hydrogens is 428 g/mol. The highest BCUT2D eigenvalue weighted by atomic mass is 32.2. The van der Waals surface area contributed by atoms with Gasteiger partial charge in [0.05, 0.1) is 18.8 Å². The highest BCUT2D eigenvalue weighted by Crippen LogP contribution is 2.35. The van der Waals surface area contributed by atoms with Gasteiger partial charge < -0.3 is 20.6 Å². The summed E-state index contributed by atoms with van der Waals surface area (Å²) in [5, 5.41) is 16.9. The molecule has 0 aromatic heterocycles. The molecule has 3 saturated heterocycles. The number of β-amino-alcohol motifs (C(OH)–C–C–N with tert-alkyl or cyclic N) is 1. The maximum atomic E-state index is 13.0. The summed E-state index contributed by atoms with van der Waals surface area (Å²) in [6.07, 6.45) is 5.96. The number of hydrazine groups is 1. The van der Waals surface area contributed by atoms with Gasteiger partial charge in [-0.2, -0.15) is 0 Å². The summed E-state index contributed by atoms with van der Waals surface area (Å²) in [5.74, 6) is 0.600. The molecule has 1 aliphatic carbocycles. The quantitative estimate of drug-likeness (QED) is 0.371. The maximum Gasteiger partial charge on any atom is 0.237 e. The zero-order valence-electron chi connectivity index (χ0n) is 19.4. The van der Waals surface area contributed by atoms with Crippen molar-refractivity contribution in [3.63, 3.8) is 0 Å². The first-order chi connectivity index (χ1) is 15.4. The van der Waals surface area contributed by atoms with Crippen LogP contribution in [-0.4, -0.2) is 89.0 Å². The first-order valence-corrected chi connectivity index (χ1v) is 13.2. The number of aliphatic hydroxyl groups is 1. The molecule has 7 atom stereocenters. The van der Waals surface area contributed by atoms with Gasteiger partial charge in [-0.1, -0.05) is 13.3 Å². The summed E-state index contributed by atoms with van der Waals surface area (Å²) < 4.78 is 0. The predicted molar refractivity (Wildman–Crippen MR) is 125 cm³/mol. The molecule has 2 amide bonds. The van der Waals surface area contributed by atoms with E-state index in [9.17, 15) is 14.7 Å². The third-order valence-electron chi connectivity index (χ3n) is 7.57. The van der Waals surface area contributed by atoms with Gasteiger partial charge >= 0.3 is 0 Å². The number of likely N-dealkylation sites (tertiary alicyclic amines) is 1. The molecule has 0 spiro atoms. The molecular formula is C22H40N6O3S. The molecule has 0 aromatic rings. The monoisotopic (exact) mass is 468 g/mol. The SMILES string of the molecule is C[C@H](SC1NNCN1C)C1CCCC(NC(=O)C2CC(C(=O)N3CC[C@H](O)C3)CCN2)C1. The second kappa shape index (κ2) is 11.0. The highest BCUT2D eigenvalue weighted by molar-refractivity contribution is 8.00. The van der Waals surface area contributed by atoms with Gasteiger partial charge in [-0.15, -0.1) is 11.8 Å². The van der Waals surface area contributed by atoms with E-state index in [-0.39, 0.29) is 35.3 Å². The molecule has 0 aromatic carbocycles. The van der Waals surface area contributed by atoms with Gasteiger partial charge in [-0.05, 0) is 58.0 Å². The van der Waals surface area contributed by atoms with Crippen LogP contribution in [0.15, 0.2) is 0 Å². The van der Waals surface area contributed by atoms with Crippen LogP contribution in [-0.2, 0) is 9.59 Å². The normalized spacial score (nSPS) is 37.4. The van der Waals surface area contributed by atoms with Crippen molar-refractivity contribution in [2.45, 2.75) is 80.8 Å². The molecule has 10 heteroatoms. The van der Waals surface area contributed by atoms with E-state index in [4.69, 9.17) is 0 Å². The Balaban J connectivity index is 1.25. The van der Waals surface area contributed by atoms with E-state index < -0.39 is 6.10 Å². The van der Waals surface area contributed by atoms with Crippen molar-refractivity contribution in [2.24, 2.45) is 11.8 Å². The molecule has 1 saturated carbocycles. The van der Waals surface area contributed by atoms with E-state index in [1.807, 2.05) is 11.8 Å². The van der Waals surface area contributed by atoms with Crippen molar-refractivity contribution in [3.05, 3.63) is 0 Å². The fourth-order valence-electron chi connectivity index (χ4n) is 5.53. The molecule has 3 heterocycles. The average Bonchev–Trinajstić information content (AvgIpc) is 3.41. The topological polar surface area (TPSA) is 109 Å². The summed E-state index contributed by atoms with van der Waals surface area (Å²) in [6, 6.07) is -0.0943. The Morgan fingerprint density at radius 3 is 2.75 bits per heavy atom. The van der Waals surface area contributed by atoms with E-state index in [1.54, 1.807) is 4.90 Å². The third-order valence-corrected chi connectivity index (χ3v) is 9.12. The lowest BCUT2D eigenvalue weighted by Gasteiger charge is -2.36. The largest absolute Gasteiger partial charge is 0.391 e. The second-order valence-electron chi connectivity index (χ2n) is 10.0. The van der Waals surface area contributed by atoms with Crippen LogP contribution < -0.4 is 21.5 Å². The van der Waals surface area contributed by atoms with Gasteiger partial charge in [0.2, 0.25) is 11.8 Å². The molecule has 32 heavy (non-hydrogen) atoms. The highest BCUT2D eigenvalue weighted by Gasteiger charge is 2.37. The Kier molecular flexibility index (Phi) is 8.33. The fraction of sp³-hybridized carbons (Fsp3) is 0.909. The molecule has 0 radical (unpaired) electrons. The minimum Gasteiger partial charge on any atom is -0.391 e.